The molecule has 1 rings (SSSR count). The highest BCUT2D eigenvalue weighted by Gasteiger charge is 2.27. The molecule has 0 aliphatic carbocycles. The van der Waals surface area contributed by atoms with E-state index in [1.807, 2.05) is 65.0 Å². The fourth-order valence-corrected chi connectivity index (χ4v) is 4.26. The predicted octanol–water partition coefficient (Wildman–Crippen LogP) is 5.70. The monoisotopic (exact) mass is 583 g/mol. The standard InChI is InChI=1S/C34H49NO7/c1-24(2)21-32(38)35-20-19-26(4)22-27(5)31-23-25(3)15-11-7-9-13-17-30(41-28(6)36)34(40)29(37)16-12-8-10-14-18-33(39)42-31/h7,11-12,14-16,18-22,27,29-31,34,37,40H,8-10,13,17,23H2,1-6H3,(H,35,38)/b11-7+,16-12+,18-14+,20-19+,25-15+,26-22+. The molecule has 1 heterocycles. The van der Waals surface area contributed by atoms with Gasteiger partial charge in [-0.3, -0.25) is 9.59 Å². The smallest absolute Gasteiger partial charge is 0.330 e. The summed E-state index contributed by atoms with van der Waals surface area (Å²) >= 11 is 0. The van der Waals surface area contributed by atoms with E-state index in [1.165, 1.54) is 25.2 Å². The van der Waals surface area contributed by atoms with Gasteiger partial charge in [0.25, 0.3) is 0 Å². The SMILES string of the molecule is CC(=O)OC1CCC/C=C/C=C(\C)CC(C(C)/C=C(C)/C=C/NC(=O)C=C(C)C)OC(=O)/C=C/CC/C=C/C(O)C1O. The van der Waals surface area contributed by atoms with E-state index in [2.05, 4.69) is 5.32 Å². The molecule has 0 aromatic carbocycles. The number of hydrogen-bond acceptors (Lipinski definition) is 7. The van der Waals surface area contributed by atoms with Crippen LogP contribution in [0.3, 0.4) is 0 Å². The van der Waals surface area contributed by atoms with E-state index >= 15 is 0 Å². The summed E-state index contributed by atoms with van der Waals surface area (Å²) in [7, 11) is 0. The van der Waals surface area contributed by atoms with Crippen LogP contribution in [0.15, 0.2) is 83.7 Å². The Balaban J connectivity index is 3.06. The summed E-state index contributed by atoms with van der Waals surface area (Å²) in [5.41, 5.74) is 2.87. The summed E-state index contributed by atoms with van der Waals surface area (Å²) in [5.74, 6) is -1.24. The molecule has 0 spiro atoms. The van der Waals surface area contributed by atoms with Crippen molar-refractivity contribution in [3.63, 3.8) is 0 Å². The molecule has 0 fully saturated rings. The lowest BCUT2D eigenvalue weighted by atomic mass is 9.95. The predicted molar refractivity (Wildman–Crippen MR) is 166 cm³/mol. The average molecular weight is 584 g/mol. The number of amides is 1. The lowest BCUT2D eigenvalue weighted by Gasteiger charge is -2.25. The minimum atomic E-state index is -1.24. The maximum atomic E-state index is 12.7. The van der Waals surface area contributed by atoms with Gasteiger partial charge in [-0.05, 0) is 65.9 Å². The van der Waals surface area contributed by atoms with Crippen LogP contribution in [0, 0.1) is 5.92 Å². The second kappa shape index (κ2) is 20.4. The molecule has 1 aliphatic heterocycles. The van der Waals surface area contributed by atoms with Crippen molar-refractivity contribution in [3.05, 3.63) is 83.7 Å². The second-order valence-corrected chi connectivity index (χ2v) is 10.9. The summed E-state index contributed by atoms with van der Waals surface area (Å²) < 4.78 is 11.1. The summed E-state index contributed by atoms with van der Waals surface area (Å²) in [6.45, 7) is 10.9. The number of esters is 2. The van der Waals surface area contributed by atoms with Crippen molar-refractivity contribution < 1.29 is 34.1 Å². The van der Waals surface area contributed by atoms with Crippen LogP contribution in [0.25, 0.3) is 0 Å². The molecule has 8 heteroatoms. The lowest BCUT2D eigenvalue weighted by Crippen LogP contribution is -2.39. The molecule has 0 bridgehead atoms. The number of rotatable bonds is 6. The van der Waals surface area contributed by atoms with Crippen molar-refractivity contribution in [1.82, 2.24) is 5.32 Å². The van der Waals surface area contributed by atoms with Gasteiger partial charge in [-0.25, -0.2) is 4.79 Å². The molecule has 1 aliphatic rings. The molecule has 8 nitrogen and oxygen atoms in total. The topological polar surface area (TPSA) is 122 Å². The number of cyclic esters (lactones) is 1. The summed E-state index contributed by atoms with van der Waals surface area (Å²) in [6.07, 6.45) is 18.9. The van der Waals surface area contributed by atoms with E-state index in [-0.39, 0.29) is 11.8 Å². The number of nitrogens with one attached hydrogen (secondary N) is 1. The number of aliphatic hydroxyl groups excluding tert-OH is 2. The van der Waals surface area contributed by atoms with Gasteiger partial charge in [0.1, 0.15) is 24.4 Å². The fourth-order valence-electron chi connectivity index (χ4n) is 4.26. The first-order valence-electron chi connectivity index (χ1n) is 14.6. The van der Waals surface area contributed by atoms with Gasteiger partial charge in [0, 0.05) is 37.6 Å². The van der Waals surface area contributed by atoms with Gasteiger partial charge in [-0.2, -0.15) is 0 Å². The van der Waals surface area contributed by atoms with Crippen LogP contribution in [0.5, 0.6) is 0 Å². The maximum absolute atomic E-state index is 12.7. The Labute approximate surface area is 251 Å². The van der Waals surface area contributed by atoms with Gasteiger partial charge in [0.05, 0.1) is 0 Å². The molecule has 3 N–H and O–H groups in total. The van der Waals surface area contributed by atoms with Crippen LogP contribution in [0.2, 0.25) is 0 Å². The lowest BCUT2D eigenvalue weighted by molar-refractivity contribution is -0.156. The summed E-state index contributed by atoms with van der Waals surface area (Å²) in [6, 6.07) is 0. The van der Waals surface area contributed by atoms with Gasteiger partial charge >= 0.3 is 11.9 Å². The minimum absolute atomic E-state index is 0.0975. The molecule has 232 valence electrons. The first-order valence-corrected chi connectivity index (χ1v) is 14.6. The summed E-state index contributed by atoms with van der Waals surface area (Å²) in [5, 5.41) is 23.6. The highest BCUT2D eigenvalue weighted by atomic mass is 16.6. The van der Waals surface area contributed by atoms with Gasteiger partial charge < -0.3 is 25.0 Å². The van der Waals surface area contributed by atoms with Gasteiger partial charge in [-0.1, -0.05) is 66.2 Å². The Morgan fingerprint density at radius 2 is 1.81 bits per heavy atom. The Kier molecular flexibility index (Phi) is 17.7. The van der Waals surface area contributed by atoms with Crippen LogP contribution < -0.4 is 5.32 Å². The van der Waals surface area contributed by atoms with Gasteiger partial charge in [0.15, 0.2) is 0 Å². The van der Waals surface area contributed by atoms with Gasteiger partial charge in [-0.15, -0.1) is 0 Å². The molecule has 0 saturated carbocycles. The van der Waals surface area contributed by atoms with E-state index in [0.717, 1.165) is 16.7 Å². The Morgan fingerprint density at radius 3 is 2.50 bits per heavy atom. The Hall–Kier alpha value is -3.49. The zero-order valence-corrected chi connectivity index (χ0v) is 25.9. The largest absolute Gasteiger partial charge is 0.460 e. The molecular weight excluding hydrogens is 534 g/mol. The molecule has 5 atom stereocenters. The van der Waals surface area contributed by atoms with Crippen molar-refractivity contribution in [3.8, 4) is 0 Å². The van der Waals surface area contributed by atoms with Crippen LogP contribution in [-0.4, -0.2) is 52.5 Å². The number of aliphatic hydroxyl groups is 2. The highest BCUT2D eigenvalue weighted by molar-refractivity contribution is 5.88. The normalized spacial score (nSPS) is 27.9. The van der Waals surface area contributed by atoms with Crippen LogP contribution >= 0.6 is 0 Å². The van der Waals surface area contributed by atoms with Crippen molar-refractivity contribution in [2.45, 2.75) is 104 Å². The molecule has 0 aromatic heterocycles. The second-order valence-electron chi connectivity index (χ2n) is 10.9. The summed E-state index contributed by atoms with van der Waals surface area (Å²) in [4.78, 5) is 36.0. The maximum Gasteiger partial charge on any atom is 0.330 e. The van der Waals surface area contributed by atoms with E-state index in [1.54, 1.807) is 18.4 Å². The first kappa shape index (κ1) is 36.5. The van der Waals surface area contributed by atoms with Crippen molar-refractivity contribution in [2.24, 2.45) is 5.92 Å². The number of allylic oxidation sites excluding steroid dienone is 8. The van der Waals surface area contributed by atoms with E-state index in [4.69, 9.17) is 9.47 Å². The van der Waals surface area contributed by atoms with Gasteiger partial charge in [0.2, 0.25) is 5.91 Å². The van der Waals surface area contributed by atoms with E-state index in [9.17, 15) is 24.6 Å². The fraction of sp³-hybridized carbons (Fsp3) is 0.500. The number of carbonyl (C=O) groups excluding carboxylic acids is 3. The molecule has 0 radical (unpaired) electrons. The van der Waals surface area contributed by atoms with Crippen molar-refractivity contribution in [2.75, 3.05) is 0 Å². The Morgan fingerprint density at radius 1 is 1.10 bits per heavy atom. The third kappa shape index (κ3) is 16.7. The van der Waals surface area contributed by atoms with Crippen LogP contribution in [0.4, 0.5) is 0 Å². The van der Waals surface area contributed by atoms with Crippen LogP contribution in [-0.2, 0) is 23.9 Å². The molecule has 0 saturated heterocycles. The number of hydrogen-bond donors (Lipinski definition) is 3. The van der Waals surface area contributed by atoms with Crippen LogP contribution in [0.1, 0.15) is 80.1 Å². The third-order valence-corrected chi connectivity index (χ3v) is 6.41. The quantitative estimate of drug-likeness (QED) is 0.159. The zero-order valence-electron chi connectivity index (χ0n) is 25.9. The molecule has 0 aromatic rings. The van der Waals surface area contributed by atoms with E-state index < -0.39 is 36.4 Å². The molecule has 42 heavy (non-hydrogen) atoms. The number of carbonyl (C=O) groups is 3. The zero-order chi connectivity index (χ0) is 31.5. The number of ether oxygens (including phenoxy) is 2. The molecular formula is C34H49NO7. The van der Waals surface area contributed by atoms with E-state index in [0.29, 0.717) is 38.5 Å². The average Bonchev–Trinajstić information content (AvgIpc) is 2.89. The highest BCUT2D eigenvalue weighted by Crippen LogP contribution is 2.21. The molecule has 5 unspecified atom stereocenters. The third-order valence-electron chi connectivity index (χ3n) is 6.41. The van der Waals surface area contributed by atoms with Crippen molar-refractivity contribution in [1.29, 1.82) is 0 Å². The van der Waals surface area contributed by atoms with Crippen molar-refractivity contribution >= 4 is 17.8 Å². The molecule has 1 amide bonds. The minimum Gasteiger partial charge on any atom is -0.460 e. The Bertz CT molecular complexity index is 1090. The first-order chi connectivity index (χ1) is 19.9.